The van der Waals surface area contributed by atoms with Crippen LogP contribution in [0.25, 0.3) is 0 Å². The number of hydrogen-bond acceptors (Lipinski definition) is 4. The molecular formula is C10H12N2O4S. The molecule has 1 fully saturated rings. The predicted octanol–water partition coefficient (Wildman–Crippen LogP) is 1.38. The van der Waals surface area contributed by atoms with Crippen molar-refractivity contribution in [2.24, 2.45) is 0 Å². The molecule has 1 aliphatic heterocycles. The third kappa shape index (κ3) is 2.16. The highest BCUT2D eigenvalue weighted by atomic mass is 32.2. The zero-order valence-corrected chi connectivity index (χ0v) is 10.1. The van der Waals surface area contributed by atoms with Crippen molar-refractivity contribution >= 4 is 15.7 Å². The molecule has 0 amide bonds. The molecule has 0 spiro atoms. The minimum atomic E-state index is -3.46. The second-order valence-corrected chi connectivity index (χ2v) is 5.78. The maximum atomic E-state index is 12.0. The van der Waals surface area contributed by atoms with Gasteiger partial charge in [0.05, 0.1) is 9.82 Å². The standard InChI is InChI=1S/C10H12N2O4S/c1-2-8-7-11(8)17(15,16)10-5-3-9(4-6-10)12(13)14/h3-6,8H,2,7H2,1H3. The van der Waals surface area contributed by atoms with Crippen LogP contribution >= 0.6 is 0 Å². The van der Waals surface area contributed by atoms with Crippen LogP contribution < -0.4 is 0 Å². The van der Waals surface area contributed by atoms with E-state index in [-0.39, 0.29) is 16.6 Å². The molecular weight excluding hydrogens is 244 g/mol. The number of nitrogens with zero attached hydrogens (tertiary/aromatic N) is 2. The first kappa shape index (κ1) is 12.0. The first-order valence-electron chi connectivity index (χ1n) is 5.23. The Kier molecular flexibility index (Phi) is 2.88. The van der Waals surface area contributed by atoms with E-state index in [1.165, 1.54) is 28.6 Å². The third-order valence-electron chi connectivity index (χ3n) is 2.79. The number of nitro groups is 1. The summed E-state index contributed by atoms with van der Waals surface area (Å²) in [5.74, 6) is 0. The van der Waals surface area contributed by atoms with Gasteiger partial charge < -0.3 is 0 Å². The topological polar surface area (TPSA) is 80.3 Å². The first-order valence-corrected chi connectivity index (χ1v) is 6.67. The second-order valence-electron chi connectivity index (χ2n) is 3.89. The zero-order chi connectivity index (χ0) is 12.6. The summed E-state index contributed by atoms with van der Waals surface area (Å²) < 4.78 is 25.4. The molecule has 7 heteroatoms. The van der Waals surface area contributed by atoms with Crippen molar-refractivity contribution in [1.29, 1.82) is 0 Å². The lowest BCUT2D eigenvalue weighted by Crippen LogP contribution is -2.14. The van der Waals surface area contributed by atoms with E-state index in [4.69, 9.17) is 0 Å². The van der Waals surface area contributed by atoms with Crippen LogP contribution in [0.1, 0.15) is 13.3 Å². The number of benzene rings is 1. The average Bonchev–Trinajstić information content (AvgIpc) is 3.09. The molecule has 0 bridgehead atoms. The van der Waals surface area contributed by atoms with Gasteiger partial charge in [0.2, 0.25) is 10.0 Å². The van der Waals surface area contributed by atoms with Crippen molar-refractivity contribution < 1.29 is 13.3 Å². The maximum absolute atomic E-state index is 12.0. The predicted molar refractivity (Wildman–Crippen MR) is 61.1 cm³/mol. The van der Waals surface area contributed by atoms with Crippen molar-refractivity contribution in [3.63, 3.8) is 0 Å². The van der Waals surface area contributed by atoms with E-state index >= 15 is 0 Å². The highest BCUT2D eigenvalue weighted by molar-refractivity contribution is 7.89. The molecule has 0 radical (unpaired) electrons. The smallest absolute Gasteiger partial charge is 0.258 e. The Morgan fingerprint density at radius 2 is 2.00 bits per heavy atom. The summed E-state index contributed by atoms with van der Waals surface area (Å²) in [6, 6.07) is 5.04. The molecule has 6 nitrogen and oxygen atoms in total. The van der Waals surface area contributed by atoms with Crippen LogP contribution in [0, 0.1) is 10.1 Å². The maximum Gasteiger partial charge on any atom is 0.269 e. The fourth-order valence-corrected chi connectivity index (χ4v) is 3.32. The van der Waals surface area contributed by atoms with Crippen molar-refractivity contribution in [2.75, 3.05) is 6.54 Å². The number of hydrogen-bond donors (Lipinski definition) is 0. The lowest BCUT2D eigenvalue weighted by Gasteiger charge is -2.05. The fourth-order valence-electron chi connectivity index (χ4n) is 1.66. The van der Waals surface area contributed by atoms with Gasteiger partial charge >= 0.3 is 0 Å². The van der Waals surface area contributed by atoms with Crippen LogP contribution in [0.15, 0.2) is 29.2 Å². The zero-order valence-electron chi connectivity index (χ0n) is 9.24. The van der Waals surface area contributed by atoms with E-state index in [1.54, 1.807) is 0 Å². The molecule has 1 saturated heterocycles. The highest BCUT2D eigenvalue weighted by Crippen LogP contribution is 2.30. The average molecular weight is 256 g/mol. The summed E-state index contributed by atoms with van der Waals surface area (Å²) in [5, 5.41) is 10.5. The third-order valence-corrected chi connectivity index (χ3v) is 4.72. The number of nitro benzene ring substituents is 1. The van der Waals surface area contributed by atoms with Gasteiger partial charge in [0.1, 0.15) is 0 Å². The van der Waals surface area contributed by atoms with Crippen LogP contribution in [0.3, 0.4) is 0 Å². The summed E-state index contributed by atoms with van der Waals surface area (Å²) in [4.78, 5) is 10.0. The molecule has 2 atom stereocenters. The van der Waals surface area contributed by atoms with E-state index < -0.39 is 14.9 Å². The van der Waals surface area contributed by atoms with Gasteiger partial charge in [-0.1, -0.05) is 6.92 Å². The Bertz CT molecular complexity index is 538. The molecule has 2 rings (SSSR count). The molecule has 1 aliphatic rings. The minimum absolute atomic E-state index is 0.0789. The van der Waals surface area contributed by atoms with Crippen LogP contribution in [0.2, 0.25) is 0 Å². The van der Waals surface area contributed by atoms with Crippen LogP contribution in [0.4, 0.5) is 5.69 Å². The molecule has 92 valence electrons. The summed E-state index contributed by atoms with van der Waals surface area (Å²) >= 11 is 0. The van der Waals surface area contributed by atoms with Gasteiger partial charge in [-0.3, -0.25) is 10.1 Å². The van der Waals surface area contributed by atoms with Crippen LogP contribution in [-0.2, 0) is 10.0 Å². The Hall–Kier alpha value is -1.47. The lowest BCUT2D eigenvalue weighted by atomic mass is 10.3. The van der Waals surface area contributed by atoms with E-state index in [0.717, 1.165) is 6.42 Å². The molecule has 0 saturated carbocycles. The van der Waals surface area contributed by atoms with Gasteiger partial charge in [0.25, 0.3) is 5.69 Å². The summed E-state index contributed by atoms with van der Waals surface area (Å²) in [7, 11) is -3.46. The van der Waals surface area contributed by atoms with Crippen molar-refractivity contribution in [3.8, 4) is 0 Å². The monoisotopic (exact) mass is 256 g/mol. The van der Waals surface area contributed by atoms with E-state index in [0.29, 0.717) is 6.54 Å². The molecule has 1 aromatic carbocycles. The van der Waals surface area contributed by atoms with Crippen LogP contribution in [-0.4, -0.2) is 30.2 Å². The van der Waals surface area contributed by atoms with Gasteiger partial charge in [-0.15, -0.1) is 0 Å². The number of non-ortho nitro benzene ring substituents is 1. The fraction of sp³-hybridized carbons (Fsp3) is 0.400. The highest BCUT2D eigenvalue weighted by Gasteiger charge is 2.43. The number of rotatable bonds is 4. The molecule has 1 heterocycles. The summed E-state index contributed by atoms with van der Waals surface area (Å²) in [6.45, 7) is 2.46. The van der Waals surface area contributed by atoms with Gasteiger partial charge in [-0.25, -0.2) is 8.42 Å². The Balaban J connectivity index is 2.26. The molecule has 0 N–H and O–H groups in total. The molecule has 0 aromatic heterocycles. The number of sulfonamides is 1. The molecule has 1 aromatic rings. The van der Waals surface area contributed by atoms with E-state index in [1.807, 2.05) is 6.92 Å². The quantitative estimate of drug-likeness (QED) is 0.463. The second kappa shape index (κ2) is 4.08. The van der Waals surface area contributed by atoms with Gasteiger partial charge in [-0.05, 0) is 18.6 Å². The lowest BCUT2D eigenvalue weighted by molar-refractivity contribution is -0.384. The largest absolute Gasteiger partial charge is 0.269 e. The van der Waals surface area contributed by atoms with Crippen molar-refractivity contribution in [2.45, 2.75) is 24.3 Å². The van der Waals surface area contributed by atoms with E-state index in [9.17, 15) is 18.5 Å². The first-order chi connectivity index (χ1) is 7.96. The van der Waals surface area contributed by atoms with Gasteiger partial charge in [-0.2, -0.15) is 4.31 Å². The molecule has 2 unspecified atom stereocenters. The van der Waals surface area contributed by atoms with Gasteiger partial charge in [0.15, 0.2) is 0 Å². The van der Waals surface area contributed by atoms with Gasteiger partial charge in [0, 0.05) is 24.7 Å². The Morgan fingerprint density at radius 1 is 1.41 bits per heavy atom. The van der Waals surface area contributed by atoms with Crippen molar-refractivity contribution in [1.82, 2.24) is 4.31 Å². The Labute approximate surface area is 99.1 Å². The SMILES string of the molecule is CCC1CN1S(=O)(=O)c1ccc([N+](=O)[O-])cc1. The summed E-state index contributed by atoms with van der Waals surface area (Å²) in [5.41, 5.74) is -0.109. The van der Waals surface area contributed by atoms with Crippen LogP contribution in [0.5, 0.6) is 0 Å². The van der Waals surface area contributed by atoms with E-state index in [2.05, 4.69) is 0 Å². The minimum Gasteiger partial charge on any atom is -0.258 e. The summed E-state index contributed by atoms with van der Waals surface area (Å²) in [6.07, 6.45) is 0.784. The molecule has 0 aliphatic carbocycles. The normalized spacial score (nSPS) is 23.4. The van der Waals surface area contributed by atoms with Crippen molar-refractivity contribution in [3.05, 3.63) is 34.4 Å². The Morgan fingerprint density at radius 3 is 2.41 bits per heavy atom. The molecule has 17 heavy (non-hydrogen) atoms.